The van der Waals surface area contributed by atoms with Crippen LogP contribution in [0, 0.1) is 0 Å². The third kappa shape index (κ3) is 4.15. The van der Waals surface area contributed by atoms with Gasteiger partial charge in [-0.1, -0.05) is 18.2 Å². The van der Waals surface area contributed by atoms with Crippen LogP contribution in [0.5, 0.6) is 5.75 Å². The number of anilines is 2. The van der Waals surface area contributed by atoms with Crippen LogP contribution in [-0.2, 0) is 16.1 Å². The van der Waals surface area contributed by atoms with Gasteiger partial charge in [0.05, 0.1) is 23.8 Å². The van der Waals surface area contributed by atoms with Crippen LogP contribution < -0.4 is 14.5 Å². The standard InChI is InChI=1S/C28H28N4O4/c1-30(2)21-9-6-19(7-10-21)25-24(27(34)28(35)32(25)17-18-5-4-12-29-16-18)26(33)20-8-11-23-22(15-20)31(3)13-14-36-23/h4-12,15-16,25,33H,13-14,17H2,1-3H3/b26-24-. The molecule has 2 aromatic carbocycles. The lowest BCUT2D eigenvalue weighted by molar-refractivity contribution is -0.140. The minimum Gasteiger partial charge on any atom is -0.507 e. The van der Waals surface area contributed by atoms with Crippen LogP contribution in [0.15, 0.2) is 72.6 Å². The van der Waals surface area contributed by atoms with Gasteiger partial charge in [-0.25, -0.2) is 0 Å². The van der Waals surface area contributed by atoms with Crippen molar-refractivity contribution in [1.82, 2.24) is 9.88 Å². The fraction of sp³-hybridized carbons (Fsp3) is 0.250. The summed E-state index contributed by atoms with van der Waals surface area (Å²) in [6.45, 7) is 1.48. The van der Waals surface area contributed by atoms with Gasteiger partial charge in [-0.3, -0.25) is 14.6 Å². The van der Waals surface area contributed by atoms with Gasteiger partial charge in [0.15, 0.2) is 0 Å². The molecule has 8 nitrogen and oxygen atoms in total. The van der Waals surface area contributed by atoms with Crippen molar-refractivity contribution in [2.45, 2.75) is 12.6 Å². The molecule has 0 spiro atoms. The molecule has 2 aliphatic rings. The number of carbonyl (C=O) groups excluding carboxylic acids is 2. The van der Waals surface area contributed by atoms with Gasteiger partial charge in [0.1, 0.15) is 18.1 Å². The van der Waals surface area contributed by atoms with Gasteiger partial charge in [-0.05, 0) is 47.5 Å². The smallest absolute Gasteiger partial charge is 0.295 e. The number of aliphatic hydroxyl groups excluding tert-OH is 1. The number of aliphatic hydroxyl groups is 1. The van der Waals surface area contributed by atoms with E-state index in [1.807, 2.05) is 61.3 Å². The summed E-state index contributed by atoms with van der Waals surface area (Å²) >= 11 is 0. The lowest BCUT2D eigenvalue weighted by atomic mass is 9.94. The summed E-state index contributed by atoms with van der Waals surface area (Å²) in [5.74, 6) is -0.848. The van der Waals surface area contributed by atoms with E-state index in [0.29, 0.717) is 24.5 Å². The first-order valence-electron chi connectivity index (χ1n) is 11.8. The van der Waals surface area contributed by atoms with Gasteiger partial charge in [-0.2, -0.15) is 0 Å². The summed E-state index contributed by atoms with van der Waals surface area (Å²) in [6, 6.07) is 15.9. The fourth-order valence-electron chi connectivity index (χ4n) is 4.69. The van der Waals surface area contributed by atoms with Crippen LogP contribution in [0.4, 0.5) is 11.4 Å². The van der Waals surface area contributed by atoms with Gasteiger partial charge < -0.3 is 24.5 Å². The number of hydrogen-bond donors (Lipinski definition) is 1. The van der Waals surface area contributed by atoms with Crippen molar-refractivity contribution < 1.29 is 19.4 Å². The average Bonchev–Trinajstić information content (AvgIpc) is 3.14. The lowest BCUT2D eigenvalue weighted by Gasteiger charge is -2.28. The van der Waals surface area contributed by atoms with E-state index in [1.54, 1.807) is 36.7 Å². The maximum atomic E-state index is 13.4. The van der Waals surface area contributed by atoms with E-state index >= 15 is 0 Å². The Bertz CT molecular complexity index is 1340. The third-order valence-corrected chi connectivity index (χ3v) is 6.67. The van der Waals surface area contributed by atoms with E-state index < -0.39 is 17.7 Å². The van der Waals surface area contributed by atoms with Crippen LogP contribution in [-0.4, -0.2) is 61.0 Å². The van der Waals surface area contributed by atoms with Crippen molar-refractivity contribution >= 4 is 28.8 Å². The zero-order valence-corrected chi connectivity index (χ0v) is 20.5. The van der Waals surface area contributed by atoms with Crippen LogP contribution in [0.3, 0.4) is 0 Å². The van der Waals surface area contributed by atoms with Crippen molar-refractivity contribution in [3.63, 3.8) is 0 Å². The predicted molar refractivity (Wildman–Crippen MR) is 138 cm³/mol. The SMILES string of the molecule is CN(C)c1ccc(C2/C(=C(/O)c3ccc4c(c3)N(C)CCO4)C(=O)C(=O)N2Cc2cccnc2)cc1. The number of likely N-dealkylation sites (N-methyl/N-ethyl adjacent to an activating group) is 1. The minimum absolute atomic E-state index is 0.0702. The molecule has 2 aliphatic heterocycles. The third-order valence-electron chi connectivity index (χ3n) is 6.67. The van der Waals surface area contributed by atoms with Gasteiger partial charge in [-0.15, -0.1) is 0 Å². The molecule has 0 saturated carbocycles. The van der Waals surface area contributed by atoms with Crippen LogP contribution in [0.2, 0.25) is 0 Å². The molecular formula is C28H28N4O4. The molecule has 1 amide bonds. The number of carbonyl (C=O) groups is 2. The van der Waals surface area contributed by atoms with E-state index in [9.17, 15) is 14.7 Å². The highest BCUT2D eigenvalue weighted by atomic mass is 16.5. The summed E-state index contributed by atoms with van der Waals surface area (Å²) in [4.78, 5) is 36.3. The molecule has 0 bridgehead atoms. The molecule has 0 radical (unpaired) electrons. The number of pyridine rings is 1. The highest BCUT2D eigenvalue weighted by Gasteiger charge is 2.46. The normalized spacial score (nSPS) is 18.7. The molecule has 8 heteroatoms. The molecule has 3 heterocycles. The number of aromatic nitrogens is 1. The number of benzene rings is 2. The monoisotopic (exact) mass is 484 g/mol. The first-order valence-corrected chi connectivity index (χ1v) is 11.8. The number of likely N-dealkylation sites (tertiary alicyclic amines) is 1. The van der Waals surface area contributed by atoms with Gasteiger partial charge in [0.25, 0.3) is 11.7 Å². The Kier molecular flexibility index (Phi) is 6.10. The zero-order valence-electron chi connectivity index (χ0n) is 20.5. The molecule has 36 heavy (non-hydrogen) atoms. The number of rotatable bonds is 5. The summed E-state index contributed by atoms with van der Waals surface area (Å²) in [5.41, 5.74) is 3.87. The number of fused-ring (bicyclic) bond motifs is 1. The molecule has 1 aromatic heterocycles. The first kappa shape index (κ1) is 23.4. The van der Waals surface area contributed by atoms with E-state index in [2.05, 4.69) is 4.98 Å². The van der Waals surface area contributed by atoms with E-state index in [-0.39, 0.29) is 17.9 Å². The molecule has 3 aromatic rings. The van der Waals surface area contributed by atoms with Gasteiger partial charge in [0.2, 0.25) is 0 Å². The summed E-state index contributed by atoms with van der Waals surface area (Å²) < 4.78 is 5.72. The minimum atomic E-state index is -0.744. The Labute approximate surface area is 210 Å². The number of Topliss-reactive ketones (excluding diaryl/α,β-unsaturated/α-hetero) is 1. The maximum absolute atomic E-state index is 13.4. The Morgan fingerprint density at radius 1 is 1.14 bits per heavy atom. The molecule has 5 rings (SSSR count). The second kappa shape index (κ2) is 9.37. The molecule has 1 saturated heterocycles. The molecule has 1 atom stereocenters. The van der Waals surface area contributed by atoms with Crippen molar-refractivity contribution in [1.29, 1.82) is 0 Å². The predicted octanol–water partition coefficient (Wildman–Crippen LogP) is 3.60. The quantitative estimate of drug-likeness (QED) is 0.336. The molecule has 1 fully saturated rings. The van der Waals surface area contributed by atoms with Gasteiger partial charge >= 0.3 is 0 Å². The Morgan fingerprint density at radius 2 is 1.92 bits per heavy atom. The average molecular weight is 485 g/mol. The number of hydrogen-bond acceptors (Lipinski definition) is 7. The van der Waals surface area contributed by atoms with Crippen molar-refractivity contribution in [3.05, 3.63) is 89.3 Å². The maximum Gasteiger partial charge on any atom is 0.295 e. The highest BCUT2D eigenvalue weighted by molar-refractivity contribution is 6.46. The summed E-state index contributed by atoms with van der Waals surface area (Å²) in [6.07, 6.45) is 3.33. The topological polar surface area (TPSA) is 86.2 Å². The Balaban J connectivity index is 1.63. The molecule has 0 aliphatic carbocycles. The van der Waals surface area contributed by atoms with Crippen molar-refractivity contribution in [2.75, 3.05) is 44.1 Å². The number of ether oxygens (including phenoxy) is 1. The number of ketones is 1. The van der Waals surface area contributed by atoms with Crippen molar-refractivity contribution in [3.8, 4) is 5.75 Å². The lowest BCUT2D eigenvalue weighted by Crippen LogP contribution is -2.29. The van der Waals surface area contributed by atoms with E-state index in [0.717, 1.165) is 22.5 Å². The zero-order chi connectivity index (χ0) is 25.4. The van der Waals surface area contributed by atoms with Crippen LogP contribution in [0.1, 0.15) is 22.7 Å². The molecule has 1 unspecified atom stereocenters. The summed E-state index contributed by atoms with van der Waals surface area (Å²) in [7, 11) is 5.84. The van der Waals surface area contributed by atoms with Crippen molar-refractivity contribution in [2.24, 2.45) is 0 Å². The summed E-state index contributed by atoms with van der Waals surface area (Å²) in [5, 5.41) is 11.5. The van der Waals surface area contributed by atoms with E-state index in [1.165, 1.54) is 4.90 Å². The van der Waals surface area contributed by atoms with E-state index in [4.69, 9.17) is 4.74 Å². The van der Waals surface area contributed by atoms with Crippen LogP contribution in [0.25, 0.3) is 5.76 Å². The number of amides is 1. The second-order valence-corrected chi connectivity index (χ2v) is 9.23. The second-order valence-electron chi connectivity index (χ2n) is 9.23. The van der Waals surface area contributed by atoms with Crippen LogP contribution >= 0.6 is 0 Å². The number of nitrogens with zero attached hydrogens (tertiary/aromatic N) is 4. The molecular weight excluding hydrogens is 456 g/mol. The molecule has 184 valence electrons. The Hall–Kier alpha value is -4.33. The fourth-order valence-corrected chi connectivity index (χ4v) is 4.69. The first-order chi connectivity index (χ1) is 17.3. The molecule has 1 N–H and O–H groups in total. The Morgan fingerprint density at radius 3 is 2.61 bits per heavy atom. The highest BCUT2D eigenvalue weighted by Crippen LogP contribution is 2.42. The van der Waals surface area contributed by atoms with Gasteiger partial charge in [0, 0.05) is 51.3 Å². The largest absolute Gasteiger partial charge is 0.507 e.